The molecule has 1 aromatic carbocycles. The quantitative estimate of drug-likeness (QED) is 0.242. The van der Waals surface area contributed by atoms with Crippen molar-refractivity contribution in [1.29, 1.82) is 0 Å². The topological polar surface area (TPSA) is 0 Å². The highest BCUT2D eigenvalue weighted by Crippen LogP contribution is 2.47. The van der Waals surface area contributed by atoms with Crippen LogP contribution < -0.4 is 0 Å². The fourth-order valence-corrected chi connectivity index (χ4v) is 7.08. The molecule has 0 atom stereocenters. The summed E-state index contributed by atoms with van der Waals surface area (Å²) in [6.45, 7) is 2.29. The molecule has 0 unspecified atom stereocenters. The number of halogens is 2. The SMILES string of the molecule is CCCCCCCCCC1(CCCCC2(c3ccc(F)c(F)c3)CCCCC2)CCCCC1. The van der Waals surface area contributed by atoms with Crippen molar-refractivity contribution in [2.24, 2.45) is 5.41 Å². The summed E-state index contributed by atoms with van der Waals surface area (Å²) in [5.74, 6) is -1.39. The standard InChI is InChI=1S/C31H50F2/c1-2-3-4-5-6-7-10-19-30(20-11-8-12-21-30)22-15-16-25-31(23-13-9-14-24-31)27-17-18-28(32)29(33)26-27/h17-18,26H,2-16,19-25H2,1H3. The lowest BCUT2D eigenvalue weighted by Gasteiger charge is -2.40. The smallest absolute Gasteiger partial charge is 0.159 e. The lowest BCUT2D eigenvalue weighted by molar-refractivity contribution is 0.143. The normalized spacial score (nSPS) is 20.1. The zero-order valence-corrected chi connectivity index (χ0v) is 21.5. The number of rotatable bonds is 14. The van der Waals surface area contributed by atoms with Gasteiger partial charge >= 0.3 is 0 Å². The van der Waals surface area contributed by atoms with Gasteiger partial charge in [-0.15, -0.1) is 0 Å². The zero-order chi connectivity index (χ0) is 23.4. The van der Waals surface area contributed by atoms with Crippen LogP contribution in [0.1, 0.15) is 154 Å². The van der Waals surface area contributed by atoms with Crippen molar-refractivity contribution in [2.75, 3.05) is 0 Å². The molecule has 0 spiro atoms. The van der Waals surface area contributed by atoms with Gasteiger partial charge in [-0.1, -0.05) is 109 Å². The Hall–Kier alpha value is -0.920. The lowest BCUT2D eigenvalue weighted by atomic mass is 9.65. The molecular weight excluding hydrogens is 410 g/mol. The third-order valence-electron chi connectivity index (χ3n) is 9.18. The Morgan fingerprint density at radius 3 is 1.79 bits per heavy atom. The van der Waals surface area contributed by atoms with Gasteiger partial charge in [-0.25, -0.2) is 8.78 Å². The summed E-state index contributed by atoms with van der Waals surface area (Å²) in [6, 6.07) is 4.72. The monoisotopic (exact) mass is 460 g/mol. The molecule has 3 rings (SSSR count). The van der Waals surface area contributed by atoms with Gasteiger partial charge in [0.15, 0.2) is 11.6 Å². The van der Waals surface area contributed by atoms with E-state index in [-0.39, 0.29) is 5.41 Å². The Morgan fingerprint density at radius 1 is 0.606 bits per heavy atom. The highest BCUT2D eigenvalue weighted by Gasteiger charge is 2.35. The van der Waals surface area contributed by atoms with Crippen molar-refractivity contribution in [1.82, 2.24) is 0 Å². The average molecular weight is 461 g/mol. The molecule has 0 heterocycles. The largest absolute Gasteiger partial charge is 0.204 e. The maximum atomic E-state index is 14.0. The van der Waals surface area contributed by atoms with Crippen LogP contribution in [0, 0.1) is 17.0 Å². The first-order chi connectivity index (χ1) is 16.1. The molecule has 0 radical (unpaired) electrons. The number of unbranched alkanes of at least 4 members (excludes halogenated alkanes) is 7. The summed E-state index contributed by atoms with van der Waals surface area (Å²) in [4.78, 5) is 0. The second-order valence-corrected chi connectivity index (χ2v) is 11.6. The van der Waals surface area contributed by atoms with Crippen LogP contribution in [0.3, 0.4) is 0 Å². The molecule has 0 bridgehead atoms. The van der Waals surface area contributed by atoms with Crippen molar-refractivity contribution in [3.8, 4) is 0 Å². The van der Waals surface area contributed by atoms with Crippen LogP contribution in [0.4, 0.5) is 8.78 Å². The molecule has 0 N–H and O–H groups in total. The molecule has 188 valence electrons. The van der Waals surface area contributed by atoms with E-state index in [1.165, 1.54) is 134 Å². The van der Waals surface area contributed by atoms with Crippen molar-refractivity contribution in [3.63, 3.8) is 0 Å². The van der Waals surface area contributed by atoms with E-state index in [4.69, 9.17) is 0 Å². The molecule has 1 aromatic rings. The summed E-state index contributed by atoms with van der Waals surface area (Å²) < 4.78 is 27.6. The molecule has 0 amide bonds. The van der Waals surface area contributed by atoms with Crippen LogP contribution in [0.5, 0.6) is 0 Å². The van der Waals surface area contributed by atoms with E-state index in [0.29, 0.717) is 5.41 Å². The van der Waals surface area contributed by atoms with E-state index in [0.717, 1.165) is 24.8 Å². The predicted octanol–water partition coefficient (Wildman–Crippen LogP) is 10.8. The second kappa shape index (κ2) is 13.8. The molecule has 2 aliphatic rings. The van der Waals surface area contributed by atoms with Crippen molar-refractivity contribution in [2.45, 2.75) is 154 Å². The van der Waals surface area contributed by atoms with Crippen LogP contribution in [0.2, 0.25) is 0 Å². The van der Waals surface area contributed by atoms with Gasteiger partial charge in [-0.3, -0.25) is 0 Å². The second-order valence-electron chi connectivity index (χ2n) is 11.6. The Morgan fingerprint density at radius 2 is 1.15 bits per heavy atom. The molecule has 2 saturated carbocycles. The van der Waals surface area contributed by atoms with Crippen LogP contribution in [-0.4, -0.2) is 0 Å². The van der Waals surface area contributed by atoms with Gasteiger partial charge in [-0.05, 0) is 73.5 Å². The molecule has 0 nitrogen and oxygen atoms in total. The molecule has 2 fully saturated rings. The van der Waals surface area contributed by atoms with Crippen LogP contribution in [0.25, 0.3) is 0 Å². The van der Waals surface area contributed by atoms with Gasteiger partial charge in [0.05, 0.1) is 0 Å². The van der Waals surface area contributed by atoms with Crippen molar-refractivity contribution >= 4 is 0 Å². The maximum absolute atomic E-state index is 14.0. The molecule has 2 aliphatic carbocycles. The summed E-state index contributed by atoms with van der Waals surface area (Å²) >= 11 is 0. The van der Waals surface area contributed by atoms with E-state index >= 15 is 0 Å². The fourth-order valence-electron chi connectivity index (χ4n) is 7.08. The maximum Gasteiger partial charge on any atom is 0.159 e. The molecule has 0 aromatic heterocycles. The van der Waals surface area contributed by atoms with E-state index in [1.807, 2.05) is 6.07 Å². The van der Waals surface area contributed by atoms with E-state index < -0.39 is 11.6 Å². The van der Waals surface area contributed by atoms with E-state index in [2.05, 4.69) is 6.92 Å². The van der Waals surface area contributed by atoms with Gasteiger partial charge in [-0.2, -0.15) is 0 Å². The minimum absolute atomic E-state index is 0.0744. The highest BCUT2D eigenvalue weighted by atomic mass is 19.2. The van der Waals surface area contributed by atoms with Crippen LogP contribution in [-0.2, 0) is 5.41 Å². The molecule has 0 saturated heterocycles. The number of hydrogen-bond acceptors (Lipinski definition) is 0. The van der Waals surface area contributed by atoms with Crippen molar-refractivity contribution < 1.29 is 8.78 Å². The van der Waals surface area contributed by atoms with Gasteiger partial charge in [0.2, 0.25) is 0 Å². The van der Waals surface area contributed by atoms with E-state index in [9.17, 15) is 8.78 Å². The Bertz CT molecular complexity index is 668. The fraction of sp³-hybridized carbons (Fsp3) is 0.806. The molecular formula is C31H50F2. The summed E-state index contributed by atoms with van der Waals surface area (Å²) in [5.41, 5.74) is 1.73. The highest BCUT2D eigenvalue weighted by molar-refractivity contribution is 5.27. The van der Waals surface area contributed by atoms with E-state index in [1.54, 1.807) is 0 Å². The lowest BCUT2D eigenvalue weighted by Crippen LogP contribution is -2.30. The van der Waals surface area contributed by atoms with Gasteiger partial charge in [0.25, 0.3) is 0 Å². The minimum atomic E-state index is -0.714. The zero-order valence-electron chi connectivity index (χ0n) is 21.5. The number of hydrogen-bond donors (Lipinski definition) is 0. The van der Waals surface area contributed by atoms with Crippen molar-refractivity contribution in [3.05, 3.63) is 35.4 Å². The summed E-state index contributed by atoms with van der Waals surface area (Å²) in [7, 11) is 0. The third kappa shape index (κ3) is 8.07. The minimum Gasteiger partial charge on any atom is -0.204 e. The van der Waals surface area contributed by atoms with Crippen LogP contribution in [0.15, 0.2) is 18.2 Å². The van der Waals surface area contributed by atoms with Gasteiger partial charge in [0, 0.05) is 0 Å². The van der Waals surface area contributed by atoms with Crippen LogP contribution >= 0.6 is 0 Å². The predicted molar refractivity (Wildman–Crippen MR) is 138 cm³/mol. The molecule has 33 heavy (non-hydrogen) atoms. The molecule has 2 heteroatoms. The first-order valence-corrected chi connectivity index (χ1v) is 14.5. The first kappa shape index (κ1) is 26.7. The Kier molecular flexibility index (Phi) is 11.2. The van der Waals surface area contributed by atoms with Gasteiger partial charge in [0.1, 0.15) is 0 Å². The van der Waals surface area contributed by atoms with Gasteiger partial charge < -0.3 is 0 Å². The molecule has 0 aliphatic heterocycles. The Labute approximate surface area is 203 Å². The summed E-state index contributed by atoms with van der Waals surface area (Å²) in [6.07, 6.45) is 29.5. The third-order valence-corrected chi connectivity index (χ3v) is 9.18. The Balaban J connectivity index is 1.50. The number of benzene rings is 1. The first-order valence-electron chi connectivity index (χ1n) is 14.5. The summed E-state index contributed by atoms with van der Waals surface area (Å²) in [5, 5.41) is 0. The average Bonchev–Trinajstić information content (AvgIpc) is 2.84.